The zero-order valence-corrected chi connectivity index (χ0v) is 13.6. The Hall–Kier alpha value is -2.45. The lowest BCUT2D eigenvalue weighted by Gasteiger charge is -2.43. The van der Waals surface area contributed by atoms with Gasteiger partial charge in [0.25, 0.3) is 0 Å². The van der Waals surface area contributed by atoms with Crippen molar-refractivity contribution in [3.63, 3.8) is 0 Å². The van der Waals surface area contributed by atoms with Crippen LogP contribution in [-0.4, -0.2) is 6.61 Å². The summed E-state index contributed by atoms with van der Waals surface area (Å²) in [5.74, 6) is -1.04. The third kappa shape index (κ3) is 2.87. The summed E-state index contributed by atoms with van der Waals surface area (Å²) in [6.07, 6.45) is 2.02. The van der Waals surface area contributed by atoms with Crippen LogP contribution in [-0.2, 0) is 11.2 Å². The molecule has 0 saturated carbocycles. The summed E-state index contributed by atoms with van der Waals surface area (Å²) >= 11 is 0. The van der Waals surface area contributed by atoms with Crippen LogP contribution in [0.3, 0.4) is 0 Å². The van der Waals surface area contributed by atoms with Crippen LogP contribution < -0.4 is 5.32 Å². The maximum atomic E-state index is 14.4. The number of fused-ring (bicyclic) bond motifs is 3. The van der Waals surface area contributed by atoms with Crippen molar-refractivity contribution in [2.45, 2.75) is 31.4 Å². The summed E-state index contributed by atoms with van der Waals surface area (Å²) < 4.78 is 33.7. The standard InChI is InChI=1S/C20H18F2N2O/c21-13-4-5-14(17(22)11-13)19-15-2-1-9-25-20(15)16-10-12(7-8-23)3-6-18(16)24-19/h3-6,10-11,15,19-20,24H,1-2,7,9H2. The highest BCUT2D eigenvalue weighted by Crippen LogP contribution is 2.49. The van der Waals surface area contributed by atoms with E-state index in [1.165, 1.54) is 12.1 Å². The zero-order valence-electron chi connectivity index (χ0n) is 13.6. The molecule has 2 aliphatic rings. The molecule has 2 aliphatic heterocycles. The topological polar surface area (TPSA) is 45.0 Å². The Labute approximate surface area is 145 Å². The molecule has 0 aromatic heterocycles. The first-order chi connectivity index (χ1) is 12.2. The van der Waals surface area contributed by atoms with E-state index in [1.807, 2.05) is 18.2 Å². The second kappa shape index (κ2) is 6.45. The molecule has 0 spiro atoms. The first kappa shape index (κ1) is 16.0. The molecule has 0 radical (unpaired) electrons. The van der Waals surface area contributed by atoms with Crippen molar-refractivity contribution in [2.24, 2.45) is 5.92 Å². The third-order valence-corrected chi connectivity index (χ3v) is 5.11. The summed E-state index contributed by atoms with van der Waals surface area (Å²) in [7, 11) is 0. The first-order valence-electron chi connectivity index (χ1n) is 8.50. The lowest BCUT2D eigenvalue weighted by Crippen LogP contribution is -2.36. The number of hydrogen-bond donors (Lipinski definition) is 1. The van der Waals surface area contributed by atoms with Gasteiger partial charge in [-0.1, -0.05) is 18.2 Å². The van der Waals surface area contributed by atoms with Gasteiger partial charge < -0.3 is 10.1 Å². The van der Waals surface area contributed by atoms with E-state index in [0.717, 1.165) is 35.7 Å². The number of nitrogens with one attached hydrogen (secondary N) is 1. The molecule has 0 bridgehead atoms. The average Bonchev–Trinajstić information content (AvgIpc) is 2.62. The van der Waals surface area contributed by atoms with Crippen LogP contribution in [0.5, 0.6) is 0 Å². The quantitative estimate of drug-likeness (QED) is 0.864. The van der Waals surface area contributed by atoms with Gasteiger partial charge in [0.2, 0.25) is 0 Å². The Bertz CT molecular complexity index is 846. The van der Waals surface area contributed by atoms with Gasteiger partial charge in [-0.05, 0) is 30.5 Å². The first-order valence-corrected chi connectivity index (χ1v) is 8.50. The molecular formula is C20H18F2N2O. The van der Waals surface area contributed by atoms with Gasteiger partial charge in [0.05, 0.1) is 24.6 Å². The Morgan fingerprint density at radius 2 is 2.04 bits per heavy atom. The molecule has 1 saturated heterocycles. The summed E-state index contributed by atoms with van der Waals surface area (Å²) in [4.78, 5) is 0. The minimum absolute atomic E-state index is 0.0681. The maximum Gasteiger partial charge on any atom is 0.131 e. The van der Waals surface area contributed by atoms with Crippen molar-refractivity contribution in [3.8, 4) is 6.07 Å². The largest absolute Gasteiger partial charge is 0.377 e. The van der Waals surface area contributed by atoms with Gasteiger partial charge in [0.15, 0.2) is 0 Å². The van der Waals surface area contributed by atoms with Crippen molar-refractivity contribution in [2.75, 3.05) is 11.9 Å². The van der Waals surface area contributed by atoms with E-state index in [2.05, 4.69) is 11.4 Å². The lowest BCUT2D eigenvalue weighted by atomic mass is 9.77. The number of nitrogens with zero attached hydrogens (tertiary/aromatic N) is 1. The zero-order chi connectivity index (χ0) is 17.4. The fraction of sp³-hybridized carbons (Fsp3) is 0.350. The van der Waals surface area contributed by atoms with Gasteiger partial charge in [-0.25, -0.2) is 8.78 Å². The number of hydrogen-bond acceptors (Lipinski definition) is 3. The number of nitriles is 1. The van der Waals surface area contributed by atoms with E-state index < -0.39 is 11.6 Å². The van der Waals surface area contributed by atoms with Gasteiger partial charge >= 0.3 is 0 Å². The molecule has 2 heterocycles. The van der Waals surface area contributed by atoms with Crippen molar-refractivity contribution in [1.82, 2.24) is 0 Å². The molecule has 1 fully saturated rings. The molecule has 4 rings (SSSR count). The molecule has 2 aromatic rings. The van der Waals surface area contributed by atoms with E-state index >= 15 is 0 Å². The minimum atomic E-state index is -0.574. The Morgan fingerprint density at radius 1 is 1.16 bits per heavy atom. The highest BCUT2D eigenvalue weighted by atomic mass is 19.1. The SMILES string of the molecule is N#CCc1ccc2c(c1)C1OCCCC1C(c1ccc(F)cc1F)N2. The van der Waals surface area contributed by atoms with Crippen LogP contribution >= 0.6 is 0 Å². The molecular weight excluding hydrogens is 322 g/mol. The number of benzene rings is 2. The molecule has 128 valence electrons. The molecule has 25 heavy (non-hydrogen) atoms. The maximum absolute atomic E-state index is 14.4. The smallest absolute Gasteiger partial charge is 0.131 e. The normalized spacial score (nSPS) is 24.6. The van der Waals surface area contributed by atoms with Crippen LogP contribution in [0.1, 0.15) is 41.7 Å². The number of ether oxygens (including phenoxy) is 1. The molecule has 2 aromatic carbocycles. The molecule has 1 N–H and O–H groups in total. The second-order valence-corrected chi connectivity index (χ2v) is 6.64. The Balaban J connectivity index is 1.77. The van der Waals surface area contributed by atoms with E-state index in [9.17, 15) is 8.78 Å². The predicted octanol–water partition coefficient (Wildman–Crippen LogP) is 4.67. The van der Waals surface area contributed by atoms with E-state index in [4.69, 9.17) is 10.00 Å². The predicted molar refractivity (Wildman–Crippen MR) is 89.9 cm³/mol. The van der Waals surface area contributed by atoms with Gasteiger partial charge in [-0.2, -0.15) is 5.26 Å². The summed E-state index contributed by atoms with van der Waals surface area (Å²) in [6, 6.07) is 11.5. The Morgan fingerprint density at radius 3 is 2.84 bits per heavy atom. The monoisotopic (exact) mass is 340 g/mol. The third-order valence-electron chi connectivity index (χ3n) is 5.11. The molecule has 3 nitrogen and oxygen atoms in total. The minimum Gasteiger partial charge on any atom is -0.377 e. The van der Waals surface area contributed by atoms with Gasteiger partial charge in [0, 0.05) is 35.4 Å². The molecule has 5 heteroatoms. The average molecular weight is 340 g/mol. The van der Waals surface area contributed by atoms with Gasteiger partial charge in [-0.15, -0.1) is 0 Å². The number of anilines is 1. The molecule has 3 unspecified atom stereocenters. The highest BCUT2D eigenvalue weighted by Gasteiger charge is 2.40. The van der Waals surface area contributed by atoms with Crippen molar-refractivity contribution >= 4 is 5.69 Å². The van der Waals surface area contributed by atoms with Crippen LogP contribution in [0.25, 0.3) is 0 Å². The summed E-state index contributed by atoms with van der Waals surface area (Å²) in [6.45, 7) is 0.668. The van der Waals surface area contributed by atoms with Crippen LogP contribution in [0.4, 0.5) is 14.5 Å². The van der Waals surface area contributed by atoms with Crippen molar-refractivity contribution in [1.29, 1.82) is 5.26 Å². The second-order valence-electron chi connectivity index (χ2n) is 6.64. The van der Waals surface area contributed by atoms with Crippen molar-refractivity contribution in [3.05, 3.63) is 64.7 Å². The molecule has 0 aliphatic carbocycles. The fourth-order valence-electron chi connectivity index (χ4n) is 3.98. The van der Waals surface area contributed by atoms with Gasteiger partial charge in [-0.3, -0.25) is 0 Å². The highest BCUT2D eigenvalue weighted by molar-refractivity contribution is 5.58. The van der Waals surface area contributed by atoms with Crippen LogP contribution in [0, 0.1) is 28.9 Å². The number of halogens is 2. The molecule has 0 amide bonds. The van der Waals surface area contributed by atoms with Gasteiger partial charge in [0.1, 0.15) is 11.6 Å². The Kier molecular flexibility index (Phi) is 4.14. The van der Waals surface area contributed by atoms with Crippen LogP contribution in [0.15, 0.2) is 36.4 Å². The van der Waals surface area contributed by atoms with Crippen molar-refractivity contribution < 1.29 is 13.5 Å². The van der Waals surface area contributed by atoms with E-state index in [0.29, 0.717) is 18.6 Å². The summed E-state index contributed by atoms with van der Waals surface area (Å²) in [5.41, 5.74) is 3.32. The van der Waals surface area contributed by atoms with E-state index in [1.54, 1.807) is 0 Å². The van der Waals surface area contributed by atoms with E-state index in [-0.39, 0.29) is 18.1 Å². The molecule has 3 atom stereocenters. The summed E-state index contributed by atoms with van der Waals surface area (Å²) in [5, 5.41) is 12.3. The number of rotatable bonds is 2. The fourth-order valence-corrected chi connectivity index (χ4v) is 3.98. The van der Waals surface area contributed by atoms with Crippen LogP contribution in [0.2, 0.25) is 0 Å². The lowest BCUT2D eigenvalue weighted by molar-refractivity contribution is -0.0384.